The van der Waals surface area contributed by atoms with Gasteiger partial charge in [-0.3, -0.25) is 4.68 Å². The summed E-state index contributed by atoms with van der Waals surface area (Å²) in [7, 11) is 0. The van der Waals surface area contributed by atoms with E-state index in [2.05, 4.69) is 54.7 Å². The molecule has 0 radical (unpaired) electrons. The van der Waals surface area contributed by atoms with Crippen LogP contribution in [-0.4, -0.2) is 23.0 Å². The van der Waals surface area contributed by atoms with Gasteiger partial charge in [0, 0.05) is 33.7 Å². The molecule has 3 aromatic rings. The van der Waals surface area contributed by atoms with Crippen LogP contribution in [0.15, 0.2) is 64.5 Å². The van der Waals surface area contributed by atoms with Crippen LogP contribution >= 0.6 is 11.8 Å². The molecule has 116 valence electrons. The molecule has 3 nitrogen and oxygen atoms in total. The van der Waals surface area contributed by atoms with Gasteiger partial charge in [0.25, 0.3) is 0 Å². The number of nitrogens with zero attached hydrogens (tertiary/aromatic N) is 2. The first-order valence-electron chi connectivity index (χ1n) is 7.88. The lowest BCUT2D eigenvalue weighted by atomic mass is 10.0. The first kappa shape index (κ1) is 14.5. The molecule has 0 atom stereocenters. The maximum Gasteiger partial charge on any atom is 0.101 e. The van der Waals surface area contributed by atoms with E-state index in [9.17, 15) is 0 Å². The van der Waals surface area contributed by atoms with E-state index in [1.165, 1.54) is 26.5 Å². The van der Waals surface area contributed by atoms with Crippen LogP contribution in [0.3, 0.4) is 0 Å². The van der Waals surface area contributed by atoms with Gasteiger partial charge in [-0.15, -0.1) is 0 Å². The monoisotopic (exact) mass is 322 g/mol. The minimum atomic E-state index is 0.690. The molecule has 2 aromatic carbocycles. The van der Waals surface area contributed by atoms with E-state index in [0.717, 1.165) is 18.8 Å². The SMILES string of the molecule is CCOCCn1cc2c(n1)-c1ccccc1Sc1ccccc1-2. The number of hydrogen-bond donors (Lipinski definition) is 0. The van der Waals surface area contributed by atoms with E-state index in [-0.39, 0.29) is 0 Å². The molecule has 0 saturated heterocycles. The summed E-state index contributed by atoms with van der Waals surface area (Å²) in [6.07, 6.45) is 2.15. The fourth-order valence-corrected chi connectivity index (χ4v) is 3.98. The zero-order valence-corrected chi connectivity index (χ0v) is 13.8. The van der Waals surface area contributed by atoms with Crippen LogP contribution in [-0.2, 0) is 11.3 Å². The molecule has 23 heavy (non-hydrogen) atoms. The molecule has 0 unspecified atom stereocenters. The Hall–Kier alpha value is -2.04. The zero-order valence-electron chi connectivity index (χ0n) is 13.0. The van der Waals surface area contributed by atoms with Crippen molar-refractivity contribution in [3.63, 3.8) is 0 Å². The van der Waals surface area contributed by atoms with Crippen LogP contribution in [0, 0.1) is 0 Å². The van der Waals surface area contributed by atoms with Crippen molar-refractivity contribution in [1.82, 2.24) is 9.78 Å². The molecule has 0 spiro atoms. The highest BCUT2D eigenvalue weighted by molar-refractivity contribution is 7.99. The van der Waals surface area contributed by atoms with Crippen molar-refractivity contribution >= 4 is 11.8 Å². The predicted octanol–water partition coefficient (Wildman–Crippen LogP) is 4.72. The Morgan fingerprint density at radius 3 is 2.43 bits per heavy atom. The fourth-order valence-electron chi connectivity index (χ4n) is 2.88. The van der Waals surface area contributed by atoms with Gasteiger partial charge >= 0.3 is 0 Å². The van der Waals surface area contributed by atoms with Crippen LogP contribution < -0.4 is 0 Å². The molecule has 0 N–H and O–H groups in total. The van der Waals surface area contributed by atoms with Gasteiger partial charge in [-0.2, -0.15) is 5.10 Å². The Bertz CT molecular complexity index is 778. The summed E-state index contributed by atoms with van der Waals surface area (Å²) in [5.74, 6) is 0. The molecule has 0 saturated carbocycles. The number of fused-ring (bicyclic) bond motifs is 5. The molecular weight excluding hydrogens is 304 g/mol. The topological polar surface area (TPSA) is 27.1 Å². The van der Waals surface area contributed by atoms with E-state index in [4.69, 9.17) is 9.84 Å². The Balaban J connectivity index is 1.85. The third kappa shape index (κ3) is 2.69. The van der Waals surface area contributed by atoms with Crippen molar-refractivity contribution in [2.24, 2.45) is 0 Å². The molecule has 1 aliphatic rings. The Kier molecular flexibility index (Phi) is 3.93. The normalized spacial score (nSPS) is 12.2. The van der Waals surface area contributed by atoms with Gasteiger partial charge in [-0.05, 0) is 24.6 Å². The van der Waals surface area contributed by atoms with E-state index < -0.39 is 0 Å². The molecule has 1 aromatic heterocycles. The number of hydrogen-bond acceptors (Lipinski definition) is 3. The average molecular weight is 322 g/mol. The molecule has 0 aliphatic carbocycles. The van der Waals surface area contributed by atoms with E-state index >= 15 is 0 Å². The maximum absolute atomic E-state index is 5.47. The summed E-state index contributed by atoms with van der Waals surface area (Å²) in [4.78, 5) is 2.54. The summed E-state index contributed by atoms with van der Waals surface area (Å²) >= 11 is 1.82. The molecule has 0 amide bonds. The Morgan fingerprint density at radius 2 is 1.65 bits per heavy atom. The molecule has 0 bridgehead atoms. The Labute approximate surface area is 140 Å². The lowest BCUT2D eigenvalue weighted by molar-refractivity contribution is 0.136. The molecule has 1 aliphatic heterocycles. The first-order chi connectivity index (χ1) is 11.4. The van der Waals surface area contributed by atoms with Gasteiger partial charge in [-0.25, -0.2) is 0 Å². The number of ether oxygens (including phenoxy) is 1. The van der Waals surface area contributed by atoms with Crippen molar-refractivity contribution in [2.45, 2.75) is 23.3 Å². The van der Waals surface area contributed by atoms with Gasteiger partial charge in [0.15, 0.2) is 0 Å². The summed E-state index contributed by atoms with van der Waals surface area (Å²) in [5, 5.41) is 4.85. The molecule has 4 heteroatoms. The summed E-state index contributed by atoms with van der Waals surface area (Å²) in [5.41, 5.74) is 4.73. The molecule has 2 heterocycles. The highest BCUT2D eigenvalue weighted by Crippen LogP contribution is 2.46. The zero-order chi connectivity index (χ0) is 15.6. The van der Waals surface area contributed by atoms with E-state index in [1.54, 1.807) is 0 Å². The lowest BCUT2D eigenvalue weighted by Crippen LogP contribution is -2.06. The Morgan fingerprint density at radius 1 is 0.957 bits per heavy atom. The van der Waals surface area contributed by atoms with Gasteiger partial charge in [0.1, 0.15) is 5.69 Å². The minimum Gasteiger partial charge on any atom is -0.380 e. The highest BCUT2D eigenvalue weighted by Gasteiger charge is 2.22. The van der Waals surface area contributed by atoms with E-state index in [0.29, 0.717) is 6.61 Å². The van der Waals surface area contributed by atoms with E-state index in [1.807, 2.05) is 23.4 Å². The summed E-state index contributed by atoms with van der Waals surface area (Å²) in [6, 6.07) is 17.1. The van der Waals surface area contributed by atoms with Crippen molar-refractivity contribution < 1.29 is 4.74 Å². The fraction of sp³-hybridized carbons (Fsp3) is 0.211. The van der Waals surface area contributed by atoms with Gasteiger partial charge in [-0.1, -0.05) is 48.2 Å². The lowest BCUT2D eigenvalue weighted by Gasteiger charge is -2.06. The second kappa shape index (κ2) is 6.22. The van der Waals surface area contributed by atoms with Crippen LogP contribution in [0.5, 0.6) is 0 Å². The average Bonchev–Trinajstić information content (AvgIpc) is 2.95. The third-order valence-electron chi connectivity index (χ3n) is 3.97. The summed E-state index contributed by atoms with van der Waals surface area (Å²) in [6.45, 7) is 4.22. The number of rotatable bonds is 4. The van der Waals surface area contributed by atoms with Crippen LogP contribution in [0.1, 0.15) is 6.92 Å². The predicted molar refractivity (Wildman–Crippen MR) is 93.7 cm³/mol. The van der Waals surface area contributed by atoms with Gasteiger partial charge in [0.05, 0.1) is 13.2 Å². The smallest absolute Gasteiger partial charge is 0.101 e. The number of benzene rings is 2. The quantitative estimate of drug-likeness (QED) is 0.509. The first-order valence-corrected chi connectivity index (χ1v) is 8.70. The van der Waals surface area contributed by atoms with Crippen LogP contribution in [0.4, 0.5) is 0 Å². The van der Waals surface area contributed by atoms with Crippen molar-refractivity contribution in [3.8, 4) is 22.4 Å². The maximum atomic E-state index is 5.47. The van der Waals surface area contributed by atoms with Gasteiger partial charge < -0.3 is 4.74 Å². The largest absolute Gasteiger partial charge is 0.380 e. The van der Waals surface area contributed by atoms with Gasteiger partial charge in [0.2, 0.25) is 0 Å². The highest BCUT2D eigenvalue weighted by atomic mass is 32.2. The molecule has 0 fully saturated rings. The van der Waals surface area contributed by atoms with Crippen LogP contribution in [0.2, 0.25) is 0 Å². The van der Waals surface area contributed by atoms with Crippen LogP contribution in [0.25, 0.3) is 22.4 Å². The summed E-state index contributed by atoms with van der Waals surface area (Å²) < 4.78 is 7.47. The third-order valence-corrected chi connectivity index (χ3v) is 5.12. The molecule has 4 rings (SSSR count). The standard InChI is InChI=1S/C19H18N2OS/c1-2-22-12-11-21-13-16-14-7-3-5-9-17(14)23-18-10-6-4-8-15(18)19(16)20-21/h3-10,13H,2,11-12H2,1H3. The van der Waals surface area contributed by atoms with Crippen molar-refractivity contribution in [1.29, 1.82) is 0 Å². The van der Waals surface area contributed by atoms with Crippen molar-refractivity contribution in [2.75, 3.05) is 13.2 Å². The second-order valence-electron chi connectivity index (χ2n) is 5.45. The second-order valence-corrected chi connectivity index (χ2v) is 6.53. The molecular formula is C19H18N2OS. The minimum absolute atomic E-state index is 0.690. The van der Waals surface area contributed by atoms with Crippen molar-refractivity contribution in [3.05, 3.63) is 54.7 Å². The number of aromatic nitrogens is 2.